The first-order valence-corrected chi connectivity index (χ1v) is 16.7. The van der Waals surface area contributed by atoms with Crippen molar-refractivity contribution in [3.63, 3.8) is 0 Å². The number of nitrogens with one attached hydrogen (secondary N) is 1. The molecule has 0 amide bonds. The van der Waals surface area contributed by atoms with E-state index >= 15 is 0 Å². The standard InChI is InChI=1S/C37H50N2O10/c1-8-10-15-46-17-19-48-36(41)32-25(3)38-26(4)33(37(42)49-20-18-47-16-11-9-2)34(32)27-13-12-14-39(23-27)24-29(40)28-21-30(43-5)35(45-7)31(22-28)44-6/h12-14,21-23,34H,8-11,15-20,24H2,1-7H3/p+1. The van der Waals surface area contributed by atoms with Crippen molar-refractivity contribution in [2.75, 3.05) is 61.0 Å². The lowest BCUT2D eigenvalue weighted by atomic mass is 9.81. The minimum absolute atomic E-state index is 0.0490. The van der Waals surface area contributed by atoms with Crippen LogP contribution < -0.4 is 24.1 Å². The van der Waals surface area contributed by atoms with Crippen LogP contribution in [0.25, 0.3) is 0 Å². The molecule has 0 bridgehead atoms. The number of benzene rings is 1. The Morgan fingerprint density at radius 3 is 1.76 bits per heavy atom. The second-order valence-electron chi connectivity index (χ2n) is 11.5. The van der Waals surface area contributed by atoms with Crippen molar-refractivity contribution in [1.82, 2.24) is 5.32 Å². The number of carbonyl (C=O) groups is 3. The highest BCUT2D eigenvalue weighted by Crippen LogP contribution is 2.40. The zero-order chi connectivity index (χ0) is 35.8. The fourth-order valence-electron chi connectivity index (χ4n) is 5.42. The molecular formula is C37H51N2O10+. The summed E-state index contributed by atoms with van der Waals surface area (Å²) in [6, 6.07) is 6.76. The number of nitrogens with zero attached hydrogens (tertiary/aromatic N) is 1. The molecule has 0 radical (unpaired) electrons. The van der Waals surface area contributed by atoms with Gasteiger partial charge in [0.05, 0.1) is 51.6 Å². The first kappa shape index (κ1) is 39.0. The predicted molar refractivity (Wildman–Crippen MR) is 182 cm³/mol. The van der Waals surface area contributed by atoms with Crippen molar-refractivity contribution in [2.24, 2.45) is 0 Å². The monoisotopic (exact) mass is 683 g/mol. The first-order valence-electron chi connectivity index (χ1n) is 16.7. The van der Waals surface area contributed by atoms with Crippen molar-refractivity contribution < 1.29 is 52.1 Å². The summed E-state index contributed by atoms with van der Waals surface area (Å²) in [6.07, 6.45) is 7.32. The summed E-state index contributed by atoms with van der Waals surface area (Å²) in [5, 5.41) is 3.18. The average molecular weight is 684 g/mol. The van der Waals surface area contributed by atoms with E-state index in [1.54, 1.807) is 55.1 Å². The van der Waals surface area contributed by atoms with Gasteiger partial charge in [-0.1, -0.05) is 26.7 Å². The smallest absolute Gasteiger partial charge is 0.336 e. The molecule has 2 aromatic rings. The third-order valence-electron chi connectivity index (χ3n) is 7.93. The molecular weight excluding hydrogens is 632 g/mol. The molecule has 0 saturated heterocycles. The molecule has 1 N–H and O–H groups in total. The van der Waals surface area contributed by atoms with Gasteiger partial charge in [0.25, 0.3) is 0 Å². The number of carbonyl (C=O) groups excluding carboxylic acids is 3. The van der Waals surface area contributed by atoms with Crippen molar-refractivity contribution in [1.29, 1.82) is 0 Å². The van der Waals surface area contributed by atoms with Crippen LogP contribution in [-0.4, -0.2) is 78.7 Å². The van der Waals surface area contributed by atoms with Crippen LogP contribution in [0.3, 0.4) is 0 Å². The molecule has 2 heterocycles. The number of esters is 2. The minimum atomic E-state index is -0.841. The largest absolute Gasteiger partial charge is 0.493 e. The van der Waals surface area contributed by atoms with E-state index < -0.39 is 17.9 Å². The van der Waals surface area contributed by atoms with E-state index in [1.807, 2.05) is 0 Å². The van der Waals surface area contributed by atoms with Gasteiger partial charge in [-0.25, -0.2) is 9.59 Å². The van der Waals surface area contributed by atoms with E-state index in [9.17, 15) is 14.4 Å². The highest BCUT2D eigenvalue weighted by molar-refractivity contribution is 6.00. The van der Waals surface area contributed by atoms with Crippen LogP contribution in [0.1, 0.15) is 75.2 Å². The van der Waals surface area contributed by atoms with Gasteiger partial charge < -0.3 is 38.5 Å². The predicted octanol–water partition coefficient (Wildman–Crippen LogP) is 4.84. The summed E-state index contributed by atoms with van der Waals surface area (Å²) < 4.78 is 40.4. The number of hydrogen-bond donors (Lipinski definition) is 1. The molecule has 0 spiro atoms. The Balaban J connectivity index is 1.94. The van der Waals surface area contributed by atoms with Crippen molar-refractivity contribution in [3.8, 4) is 17.2 Å². The minimum Gasteiger partial charge on any atom is -0.493 e. The molecule has 268 valence electrons. The topological polar surface area (TPSA) is 132 Å². The molecule has 1 aliphatic heterocycles. The number of methoxy groups -OCH3 is 3. The number of ether oxygens (including phenoxy) is 7. The van der Waals surface area contributed by atoms with E-state index in [1.165, 1.54) is 21.3 Å². The number of allylic oxidation sites excluding steroid dienone is 2. The van der Waals surface area contributed by atoms with E-state index in [0.29, 0.717) is 53.0 Å². The molecule has 12 heteroatoms. The van der Waals surface area contributed by atoms with Crippen LogP contribution in [-0.2, 0) is 35.1 Å². The number of hydrogen-bond acceptors (Lipinski definition) is 11. The zero-order valence-electron chi connectivity index (χ0n) is 29.8. The van der Waals surface area contributed by atoms with E-state index in [-0.39, 0.29) is 49.9 Å². The van der Waals surface area contributed by atoms with Gasteiger partial charge >= 0.3 is 11.9 Å². The van der Waals surface area contributed by atoms with Crippen LogP contribution in [0, 0.1) is 0 Å². The molecule has 1 aliphatic rings. The highest BCUT2D eigenvalue weighted by atomic mass is 16.6. The third-order valence-corrected chi connectivity index (χ3v) is 7.93. The molecule has 0 unspecified atom stereocenters. The number of pyridine rings is 1. The number of Topliss-reactive ketones (excluding diaryl/α,β-unsaturated/α-hetero) is 1. The van der Waals surface area contributed by atoms with E-state index in [0.717, 1.165) is 25.7 Å². The molecule has 3 rings (SSSR count). The van der Waals surface area contributed by atoms with Gasteiger partial charge in [0, 0.05) is 41.8 Å². The fourth-order valence-corrected chi connectivity index (χ4v) is 5.42. The SMILES string of the molecule is CCCCOCCOC(=O)C1=C(C)NC(C)=C(C(=O)OCCOCCCC)C1c1ccc[n+](CC(=O)c2cc(OC)c(OC)c(OC)c2)c1. The quantitative estimate of drug-likeness (QED) is 0.0840. The molecule has 1 aromatic heterocycles. The second kappa shape index (κ2) is 20.2. The maximum Gasteiger partial charge on any atom is 0.336 e. The van der Waals surface area contributed by atoms with Gasteiger partial charge in [-0.2, -0.15) is 4.57 Å². The van der Waals surface area contributed by atoms with Gasteiger partial charge in [0.1, 0.15) is 13.2 Å². The Bertz CT molecular complexity index is 1420. The maximum absolute atomic E-state index is 13.7. The Morgan fingerprint density at radius 2 is 1.29 bits per heavy atom. The molecule has 0 atom stereocenters. The lowest BCUT2D eigenvalue weighted by molar-refractivity contribution is -0.683. The molecule has 0 aliphatic carbocycles. The number of dihydropyridines is 1. The number of rotatable bonds is 21. The van der Waals surface area contributed by atoms with Crippen LogP contribution in [0.2, 0.25) is 0 Å². The molecule has 0 saturated carbocycles. The molecule has 1 aromatic carbocycles. The summed E-state index contributed by atoms with van der Waals surface area (Å²) >= 11 is 0. The number of unbranched alkanes of at least 4 members (excludes halogenated alkanes) is 2. The zero-order valence-corrected chi connectivity index (χ0v) is 29.8. The Hall–Kier alpha value is -4.42. The highest BCUT2D eigenvalue weighted by Gasteiger charge is 2.39. The Morgan fingerprint density at radius 1 is 0.755 bits per heavy atom. The van der Waals surface area contributed by atoms with Gasteiger partial charge in [-0.3, -0.25) is 4.79 Å². The normalized spacial score (nSPS) is 13.2. The molecule has 12 nitrogen and oxygen atoms in total. The van der Waals surface area contributed by atoms with Crippen LogP contribution >= 0.6 is 0 Å². The van der Waals surface area contributed by atoms with Crippen LogP contribution in [0.15, 0.2) is 59.2 Å². The maximum atomic E-state index is 13.7. The Kier molecular flexibility index (Phi) is 16.1. The lowest BCUT2D eigenvalue weighted by Crippen LogP contribution is -2.39. The molecule has 49 heavy (non-hydrogen) atoms. The number of ketones is 1. The molecule has 0 fully saturated rings. The van der Waals surface area contributed by atoms with Crippen molar-refractivity contribution >= 4 is 17.7 Å². The second-order valence-corrected chi connectivity index (χ2v) is 11.5. The average Bonchev–Trinajstić information content (AvgIpc) is 3.10. The van der Waals surface area contributed by atoms with Gasteiger partial charge in [-0.05, 0) is 44.9 Å². The summed E-state index contributed by atoms with van der Waals surface area (Å²) in [5.41, 5.74) is 2.57. The summed E-state index contributed by atoms with van der Waals surface area (Å²) in [5.74, 6) is -1.14. The van der Waals surface area contributed by atoms with Gasteiger partial charge in [0.15, 0.2) is 23.9 Å². The van der Waals surface area contributed by atoms with Crippen LogP contribution in [0.4, 0.5) is 0 Å². The van der Waals surface area contributed by atoms with Crippen molar-refractivity contribution in [3.05, 3.63) is 70.3 Å². The first-order chi connectivity index (χ1) is 23.7. The number of aromatic nitrogens is 1. The Labute approximate surface area is 289 Å². The fraction of sp³-hybridized carbons (Fsp3) is 0.514. The third kappa shape index (κ3) is 10.8. The summed E-state index contributed by atoms with van der Waals surface area (Å²) in [4.78, 5) is 40.9. The summed E-state index contributed by atoms with van der Waals surface area (Å²) in [6.45, 7) is 9.41. The summed E-state index contributed by atoms with van der Waals surface area (Å²) in [7, 11) is 4.46. The van der Waals surface area contributed by atoms with Gasteiger partial charge in [-0.15, -0.1) is 0 Å². The van der Waals surface area contributed by atoms with Crippen molar-refractivity contribution in [2.45, 2.75) is 65.8 Å². The van der Waals surface area contributed by atoms with Crippen LogP contribution in [0.5, 0.6) is 17.2 Å². The van der Waals surface area contributed by atoms with E-state index in [2.05, 4.69) is 19.2 Å². The van der Waals surface area contributed by atoms with Gasteiger partial charge in [0.2, 0.25) is 18.1 Å². The lowest BCUT2D eigenvalue weighted by Gasteiger charge is -2.30. The van der Waals surface area contributed by atoms with E-state index in [4.69, 9.17) is 33.2 Å².